The van der Waals surface area contributed by atoms with Crippen LogP contribution in [0.5, 0.6) is 0 Å². The van der Waals surface area contributed by atoms with E-state index in [-0.39, 0.29) is 12.4 Å². The van der Waals surface area contributed by atoms with Gasteiger partial charge in [0.25, 0.3) is 0 Å². The monoisotopic (exact) mass is 280 g/mol. The second kappa shape index (κ2) is 5.68. The number of carboxylic acids is 1. The summed E-state index contributed by atoms with van der Waals surface area (Å²) < 4.78 is 2.37. The second-order valence-electron chi connectivity index (χ2n) is 4.47. The smallest absolute Gasteiger partial charge is 0.347 e. The molecule has 1 aromatic heterocycles. The first-order chi connectivity index (χ1) is 9.54. The van der Waals surface area contributed by atoms with E-state index in [0.717, 1.165) is 4.68 Å². The van der Waals surface area contributed by atoms with Crippen molar-refractivity contribution < 1.29 is 9.90 Å². The zero-order chi connectivity index (χ0) is 14.7. The molecule has 9 nitrogen and oxygen atoms in total. The van der Waals surface area contributed by atoms with Crippen LogP contribution in [0.2, 0.25) is 0 Å². The Morgan fingerprint density at radius 3 is 3.05 bits per heavy atom. The van der Waals surface area contributed by atoms with E-state index in [1.54, 1.807) is 7.05 Å². The van der Waals surface area contributed by atoms with Crippen LogP contribution < -0.4 is 11.4 Å². The van der Waals surface area contributed by atoms with E-state index in [1.807, 2.05) is 0 Å². The number of aromatic nitrogens is 3. The number of nitrogens with two attached hydrogens (primary N) is 1. The van der Waals surface area contributed by atoms with E-state index >= 15 is 0 Å². The number of hydrogen-bond acceptors (Lipinski definition) is 4. The third kappa shape index (κ3) is 2.60. The average Bonchev–Trinajstić information content (AvgIpc) is 2.73. The SMILES string of the molecule is CN=CN=C(N)Cn1nc2n(c1=O)C(C(=O)O)CCC2. The van der Waals surface area contributed by atoms with Gasteiger partial charge in [0.05, 0.1) is 0 Å². The fourth-order valence-electron chi connectivity index (χ4n) is 2.19. The second-order valence-corrected chi connectivity index (χ2v) is 4.47. The van der Waals surface area contributed by atoms with Crippen LogP contribution in [0.15, 0.2) is 14.8 Å². The summed E-state index contributed by atoms with van der Waals surface area (Å²) in [6.45, 7) is 0.0111. The molecule has 20 heavy (non-hydrogen) atoms. The summed E-state index contributed by atoms with van der Waals surface area (Å²) in [6, 6.07) is -0.852. The number of aryl methyl sites for hydroxylation is 1. The van der Waals surface area contributed by atoms with Gasteiger partial charge < -0.3 is 10.8 Å². The third-order valence-electron chi connectivity index (χ3n) is 3.07. The summed E-state index contributed by atoms with van der Waals surface area (Å²) in [5.41, 5.74) is 5.17. The van der Waals surface area contributed by atoms with E-state index in [2.05, 4.69) is 15.1 Å². The Balaban J connectivity index is 2.35. The molecule has 0 aliphatic carbocycles. The highest BCUT2D eigenvalue weighted by molar-refractivity contribution is 5.87. The maximum atomic E-state index is 12.2. The molecular weight excluding hydrogens is 264 g/mol. The van der Waals surface area contributed by atoms with E-state index < -0.39 is 17.7 Å². The van der Waals surface area contributed by atoms with Gasteiger partial charge in [-0.1, -0.05) is 0 Å². The lowest BCUT2D eigenvalue weighted by atomic mass is 10.1. The van der Waals surface area contributed by atoms with Crippen molar-refractivity contribution in [1.82, 2.24) is 14.3 Å². The number of aliphatic carboxylic acids is 1. The number of nitrogens with zero attached hydrogens (tertiary/aromatic N) is 5. The Labute approximate surface area is 114 Å². The van der Waals surface area contributed by atoms with Gasteiger partial charge in [0.2, 0.25) is 0 Å². The summed E-state index contributed by atoms with van der Waals surface area (Å²) in [5, 5.41) is 13.3. The zero-order valence-corrected chi connectivity index (χ0v) is 11.1. The largest absolute Gasteiger partial charge is 0.480 e. The lowest BCUT2D eigenvalue weighted by Gasteiger charge is -2.19. The van der Waals surface area contributed by atoms with Crippen molar-refractivity contribution in [2.45, 2.75) is 31.8 Å². The molecule has 0 spiro atoms. The van der Waals surface area contributed by atoms with Gasteiger partial charge in [0.1, 0.15) is 30.6 Å². The van der Waals surface area contributed by atoms with Crippen LogP contribution in [0.4, 0.5) is 0 Å². The number of carboxylic acid groups (broad SMARTS) is 1. The summed E-state index contributed by atoms with van der Waals surface area (Å²) in [5.74, 6) is -0.363. The van der Waals surface area contributed by atoms with Gasteiger partial charge in [-0.05, 0) is 12.8 Å². The van der Waals surface area contributed by atoms with Crippen LogP contribution in [-0.2, 0) is 17.8 Å². The molecule has 0 saturated carbocycles. The van der Waals surface area contributed by atoms with Gasteiger partial charge in [-0.3, -0.25) is 9.56 Å². The molecule has 1 unspecified atom stereocenters. The molecule has 2 heterocycles. The van der Waals surface area contributed by atoms with Gasteiger partial charge in [0.15, 0.2) is 0 Å². The number of rotatable bonds is 4. The summed E-state index contributed by atoms with van der Waals surface area (Å²) in [7, 11) is 1.55. The van der Waals surface area contributed by atoms with Crippen LogP contribution in [0.1, 0.15) is 24.7 Å². The molecule has 1 atom stereocenters. The van der Waals surface area contributed by atoms with Crippen LogP contribution in [0.3, 0.4) is 0 Å². The van der Waals surface area contributed by atoms with Crippen molar-refractivity contribution in [3.05, 3.63) is 16.3 Å². The molecule has 0 saturated heterocycles. The Hall–Kier alpha value is -2.45. The van der Waals surface area contributed by atoms with Crippen molar-refractivity contribution in [2.24, 2.45) is 15.7 Å². The third-order valence-corrected chi connectivity index (χ3v) is 3.07. The van der Waals surface area contributed by atoms with Crippen LogP contribution >= 0.6 is 0 Å². The maximum absolute atomic E-state index is 12.2. The van der Waals surface area contributed by atoms with E-state index in [1.165, 1.54) is 10.9 Å². The topological polar surface area (TPSA) is 128 Å². The Bertz CT molecular complexity index is 627. The van der Waals surface area contributed by atoms with Crippen LogP contribution in [0.25, 0.3) is 0 Å². The molecule has 108 valence electrons. The highest BCUT2D eigenvalue weighted by Gasteiger charge is 2.30. The lowest BCUT2D eigenvalue weighted by Crippen LogP contribution is -2.36. The zero-order valence-electron chi connectivity index (χ0n) is 11.1. The fraction of sp³-hybridized carbons (Fsp3) is 0.545. The predicted molar refractivity (Wildman–Crippen MR) is 72.1 cm³/mol. The molecule has 0 radical (unpaired) electrons. The van der Waals surface area contributed by atoms with Crippen molar-refractivity contribution in [3.63, 3.8) is 0 Å². The van der Waals surface area contributed by atoms with Crippen LogP contribution in [-0.4, -0.2) is 44.6 Å². The molecule has 0 aromatic carbocycles. The van der Waals surface area contributed by atoms with Gasteiger partial charge in [0, 0.05) is 13.5 Å². The van der Waals surface area contributed by atoms with E-state index in [9.17, 15) is 9.59 Å². The lowest BCUT2D eigenvalue weighted by molar-refractivity contribution is -0.141. The summed E-state index contributed by atoms with van der Waals surface area (Å²) in [6.07, 6.45) is 2.98. The molecule has 1 aliphatic heterocycles. The highest BCUT2D eigenvalue weighted by Crippen LogP contribution is 2.21. The molecule has 2 rings (SSSR count). The number of amidine groups is 1. The first-order valence-electron chi connectivity index (χ1n) is 6.18. The standard InChI is InChI=1S/C11H16N6O3/c1-13-6-14-8(12)5-16-11(20)17-7(10(18)19)3-2-4-9(17)15-16/h6-7H,2-5H2,1H3,(H,18,19)(H2,12,13,14). The van der Waals surface area contributed by atoms with E-state index in [0.29, 0.717) is 25.1 Å². The Morgan fingerprint density at radius 1 is 1.65 bits per heavy atom. The molecule has 0 fully saturated rings. The van der Waals surface area contributed by atoms with E-state index in [4.69, 9.17) is 10.8 Å². The minimum Gasteiger partial charge on any atom is -0.480 e. The van der Waals surface area contributed by atoms with Gasteiger partial charge >= 0.3 is 11.7 Å². The molecular formula is C11H16N6O3. The maximum Gasteiger partial charge on any atom is 0.347 e. The first-order valence-corrected chi connectivity index (χ1v) is 6.18. The quantitative estimate of drug-likeness (QED) is 0.541. The van der Waals surface area contributed by atoms with Crippen LogP contribution in [0, 0.1) is 0 Å². The Kier molecular flexibility index (Phi) is 3.97. The van der Waals surface area contributed by atoms with Gasteiger partial charge in [-0.25, -0.2) is 19.3 Å². The fourth-order valence-corrected chi connectivity index (χ4v) is 2.19. The minimum atomic E-state index is -1.02. The summed E-state index contributed by atoms with van der Waals surface area (Å²) in [4.78, 5) is 30.8. The minimum absolute atomic E-state index is 0.0111. The number of fused-ring (bicyclic) bond motifs is 1. The highest BCUT2D eigenvalue weighted by atomic mass is 16.4. The number of aliphatic imine (C=N–C) groups is 2. The number of carbonyl (C=O) groups is 1. The Morgan fingerprint density at radius 2 is 2.40 bits per heavy atom. The molecule has 3 N–H and O–H groups in total. The molecule has 1 aliphatic rings. The molecule has 0 amide bonds. The normalized spacial score (nSPS) is 19.2. The molecule has 1 aromatic rings. The number of hydrogen-bond donors (Lipinski definition) is 2. The van der Waals surface area contributed by atoms with Gasteiger partial charge in [-0.2, -0.15) is 5.10 Å². The predicted octanol–water partition coefficient (Wildman–Crippen LogP) is -0.978. The van der Waals surface area contributed by atoms with Gasteiger partial charge in [-0.15, -0.1) is 0 Å². The summed E-state index contributed by atoms with van der Waals surface area (Å²) >= 11 is 0. The average molecular weight is 280 g/mol. The first kappa shape index (κ1) is 14.0. The van der Waals surface area contributed by atoms with Crippen molar-refractivity contribution in [2.75, 3.05) is 7.05 Å². The molecule has 0 bridgehead atoms. The van der Waals surface area contributed by atoms with Crippen molar-refractivity contribution >= 4 is 18.1 Å². The molecule has 9 heteroatoms. The van der Waals surface area contributed by atoms with Crippen molar-refractivity contribution in [1.29, 1.82) is 0 Å². The van der Waals surface area contributed by atoms with Crippen molar-refractivity contribution in [3.8, 4) is 0 Å².